The summed E-state index contributed by atoms with van der Waals surface area (Å²) in [4.78, 5) is 2.41. The Hall–Kier alpha value is -8.11. The van der Waals surface area contributed by atoms with Gasteiger partial charge in [-0.15, -0.1) is 0 Å². The van der Waals surface area contributed by atoms with E-state index in [9.17, 15) is 0 Å². The third kappa shape index (κ3) is 6.35. The molecule has 0 spiro atoms. The molecule has 0 N–H and O–H groups in total. The lowest BCUT2D eigenvalue weighted by Gasteiger charge is -2.33. The van der Waals surface area contributed by atoms with Gasteiger partial charge in [0.25, 0.3) is 0 Å². The zero-order chi connectivity index (χ0) is 43.6. The van der Waals surface area contributed by atoms with Gasteiger partial charge in [-0.1, -0.05) is 152 Å². The molecule has 314 valence electrons. The lowest BCUT2D eigenvalue weighted by molar-refractivity contribution is 0.545. The fourth-order valence-corrected chi connectivity index (χ4v) is 12.7. The Bertz CT molecular complexity index is 3600. The summed E-state index contributed by atoms with van der Waals surface area (Å²) in [5, 5.41) is 4.67. The highest BCUT2D eigenvalue weighted by Crippen LogP contribution is 2.66. The van der Waals surface area contributed by atoms with Crippen LogP contribution >= 0.6 is 8.22 Å². The van der Waals surface area contributed by atoms with E-state index in [2.05, 4.69) is 239 Å². The molecule has 0 saturated heterocycles. The van der Waals surface area contributed by atoms with Gasteiger partial charge in [-0.3, -0.25) is 9.34 Å². The number of fused-ring (bicyclic) bond motifs is 7. The summed E-state index contributed by atoms with van der Waals surface area (Å²) in [6.07, 6.45) is 4.16. The predicted octanol–water partition coefficient (Wildman–Crippen LogP) is 16.7. The quantitative estimate of drug-likeness (QED) is 0.142. The molecule has 13 rings (SSSR count). The second-order valence-electron chi connectivity index (χ2n) is 16.9. The van der Waals surface area contributed by atoms with Crippen molar-refractivity contribution in [3.05, 3.63) is 242 Å². The van der Waals surface area contributed by atoms with E-state index in [-0.39, 0.29) is 0 Å². The predicted molar refractivity (Wildman–Crippen MR) is 276 cm³/mol. The summed E-state index contributed by atoms with van der Waals surface area (Å²) in [6, 6.07) is 80.7. The summed E-state index contributed by atoms with van der Waals surface area (Å²) in [7, 11) is -1.18. The largest absolute Gasteiger partial charge is 0.460 e. The second-order valence-corrected chi connectivity index (χ2v) is 18.7. The Morgan fingerprint density at radius 1 is 0.424 bits per heavy atom. The first-order valence-corrected chi connectivity index (χ1v) is 23.8. The smallest absolute Gasteiger partial charge is 0.139 e. The normalized spacial score (nSPS) is 14.4. The van der Waals surface area contributed by atoms with Crippen LogP contribution in [0.4, 0.5) is 34.1 Å². The van der Waals surface area contributed by atoms with Crippen molar-refractivity contribution in [1.29, 1.82) is 0 Å². The van der Waals surface area contributed by atoms with Crippen LogP contribution in [-0.4, -0.2) is 0 Å². The molecule has 3 heterocycles. The molecule has 1 atom stereocenters. The van der Waals surface area contributed by atoms with Crippen molar-refractivity contribution >= 4 is 86.3 Å². The van der Waals surface area contributed by atoms with Gasteiger partial charge in [-0.2, -0.15) is 0 Å². The van der Waals surface area contributed by atoms with Gasteiger partial charge in [-0.05, 0) is 108 Å². The van der Waals surface area contributed by atoms with Crippen LogP contribution in [0.15, 0.2) is 239 Å². The third-order valence-corrected chi connectivity index (χ3v) is 15.4. The Kier molecular flexibility index (Phi) is 9.21. The van der Waals surface area contributed by atoms with Crippen LogP contribution in [0.3, 0.4) is 0 Å². The second kappa shape index (κ2) is 15.8. The Morgan fingerprint density at radius 2 is 0.955 bits per heavy atom. The zero-order valence-electron chi connectivity index (χ0n) is 36.0. The first kappa shape index (κ1) is 38.4. The van der Waals surface area contributed by atoms with Gasteiger partial charge in [0.1, 0.15) is 30.7 Å². The van der Waals surface area contributed by atoms with Gasteiger partial charge < -0.3 is 13.7 Å². The lowest BCUT2D eigenvalue weighted by atomic mass is 9.96. The topological polar surface area (TPSA) is 36.0 Å². The number of aryl methyl sites for hydroxylation is 1. The third-order valence-electron chi connectivity index (χ3n) is 13.0. The number of para-hydroxylation sites is 4. The van der Waals surface area contributed by atoms with Crippen molar-refractivity contribution in [2.75, 3.05) is 14.2 Å². The fraction of sp³-hybridized carbons (Fsp3) is 0.0333. The minimum Gasteiger partial charge on any atom is -0.460 e. The minimum absolute atomic E-state index is 0.878. The molecule has 0 amide bonds. The van der Waals surface area contributed by atoms with Crippen LogP contribution in [0.25, 0.3) is 60.9 Å². The van der Waals surface area contributed by atoms with E-state index in [1.165, 1.54) is 27.7 Å². The molecule has 0 radical (unpaired) electrons. The van der Waals surface area contributed by atoms with E-state index < -0.39 is 8.22 Å². The van der Waals surface area contributed by atoms with Crippen LogP contribution in [0.2, 0.25) is 0 Å². The maximum Gasteiger partial charge on any atom is 0.139 e. The molecule has 2 aromatic heterocycles. The van der Waals surface area contributed by atoms with Crippen molar-refractivity contribution in [3.63, 3.8) is 0 Å². The monoisotopic (exact) mass is 867 g/mol. The molecule has 1 aliphatic carbocycles. The summed E-state index contributed by atoms with van der Waals surface area (Å²) < 4.78 is 18.1. The molecule has 9 aromatic carbocycles. The molecular formula is C60H42N3O2P. The van der Waals surface area contributed by atoms with E-state index >= 15 is 0 Å². The van der Waals surface area contributed by atoms with Crippen LogP contribution < -0.4 is 19.5 Å². The van der Waals surface area contributed by atoms with Crippen molar-refractivity contribution in [3.8, 4) is 22.3 Å². The molecule has 6 heteroatoms. The van der Waals surface area contributed by atoms with E-state index in [4.69, 9.17) is 8.83 Å². The summed E-state index contributed by atoms with van der Waals surface area (Å²) in [5.74, 6) is 1.04. The highest BCUT2D eigenvalue weighted by molar-refractivity contribution is 7.70. The number of hydrogen-bond donors (Lipinski definition) is 0. The van der Waals surface area contributed by atoms with Gasteiger partial charge in [0, 0.05) is 56.2 Å². The van der Waals surface area contributed by atoms with Crippen molar-refractivity contribution in [2.45, 2.75) is 12.8 Å². The SMILES string of the molecule is C1=C(N(c2ccc(-c3ccccc3)cc2)c2ccc(-c3ccc4c(c3)N(c3ccccc3)P(c3cccc5oc6ccccc6c35)N4c3ccccc3)cc2)c2c(oc3ccccc23)CC1. The van der Waals surface area contributed by atoms with E-state index in [1.54, 1.807) is 0 Å². The van der Waals surface area contributed by atoms with Gasteiger partial charge >= 0.3 is 0 Å². The highest BCUT2D eigenvalue weighted by atomic mass is 31.1. The molecule has 0 fully saturated rings. The Balaban J connectivity index is 0.943. The maximum absolute atomic E-state index is 6.50. The van der Waals surface area contributed by atoms with E-state index in [0.717, 1.165) is 96.8 Å². The van der Waals surface area contributed by atoms with Crippen LogP contribution in [-0.2, 0) is 6.42 Å². The number of nitrogens with zero attached hydrogens (tertiary/aromatic N) is 3. The molecule has 1 aliphatic heterocycles. The van der Waals surface area contributed by atoms with Crippen LogP contribution in [0.1, 0.15) is 17.7 Å². The molecule has 1 unspecified atom stereocenters. The standard InChI is InChI=1S/C60H42N3O2P/c1-4-16-41(17-5-1)42-30-35-45(36-31-42)61(52-24-14-27-56-59(52)49-22-10-12-25-54(49)64-56)46-37-32-43(33-38-46)44-34-39-51-53(40-44)63(48-20-8-3-9-21-48)66(62(51)47-18-6-2-7-19-47)58-29-15-28-57-60(58)50-23-11-13-26-55(50)65-57/h1-13,15-26,28-40H,14,27H2. The molecule has 0 bridgehead atoms. The van der Waals surface area contributed by atoms with Gasteiger partial charge in [0.05, 0.1) is 17.1 Å². The van der Waals surface area contributed by atoms with Crippen molar-refractivity contribution < 1.29 is 8.83 Å². The minimum atomic E-state index is -1.18. The lowest BCUT2D eigenvalue weighted by Crippen LogP contribution is -2.22. The van der Waals surface area contributed by atoms with Crippen molar-refractivity contribution in [2.24, 2.45) is 0 Å². The molecule has 0 saturated carbocycles. The maximum atomic E-state index is 6.50. The molecule has 66 heavy (non-hydrogen) atoms. The zero-order valence-corrected chi connectivity index (χ0v) is 36.9. The molecule has 2 aliphatic rings. The van der Waals surface area contributed by atoms with Gasteiger partial charge in [0.2, 0.25) is 0 Å². The Morgan fingerprint density at radius 3 is 1.64 bits per heavy atom. The number of benzene rings is 9. The highest BCUT2D eigenvalue weighted by Gasteiger charge is 2.41. The average molecular weight is 868 g/mol. The number of allylic oxidation sites excluding steroid dienone is 1. The van der Waals surface area contributed by atoms with Gasteiger partial charge in [0.15, 0.2) is 0 Å². The first-order chi connectivity index (χ1) is 32.7. The van der Waals surface area contributed by atoms with Crippen LogP contribution in [0, 0.1) is 0 Å². The van der Waals surface area contributed by atoms with Crippen molar-refractivity contribution in [1.82, 2.24) is 0 Å². The number of rotatable bonds is 8. The summed E-state index contributed by atoms with van der Waals surface area (Å²) in [5.41, 5.74) is 16.5. The molecular weight excluding hydrogens is 826 g/mol. The van der Waals surface area contributed by atoms with Crippen LogP contribution in [0.5, 0.6) is 0 Å². The summed E-state index contributed by atoms with van der Waals surface area (Å²) in [6.45, 7) is 0. The first-order valence-electron chi connectivity index (χ1n) is 22.6. The number of hydrogen-bond acceptors (Lipinski definition) is 5. The number of anilines is 6. The Labute approximate surface area is 384 Å². The summed E-state index contributed by atoms with van der Waals surface area (Å²) >= 11 is 0. The molecule has 5 nitrogen and oxygen atoms in total. The average Bonchev–Trinajstić information content (AvgIpc) is 4.08. The van der Waals surface area contributed by atoms with Gasteiger partial charge in [-0.25, -0.2) is 0 Å². The molecule has 11 aromatic rings. The van der Waals surface area contributed by atoms with E-state index in [1.807, 2.05) is 6.07 Å². The van der Waals surface area contributed by atoms with E-state index in [0.29, 0.717) is 0 Å². The fourth-order valence-electron chi connectivity index (χ4n) is 9.98. The number of furan rings is 2.